The van der Waals surface area contributed by atoms with Gasteiger partial charge in [-0.15, -0.1) is 16.9 Å². The average molecular weight is 492 g/mol. The molecule has 3 rings (SSSR count). The smallest absolute Gasteiger partial charge is 0.280 e. The van der Waals surface area contributed by atoms with Crippen molar-refractivity contribution in [2.24, 2.45) is 0 Å². The van der Waals surface area contributed by atoms with Crippen molar-refractivity contribution in [2.45, 2.75) is 4.90 Å². The van der Waals surface area contributed by atoms with Crippen molar-refractivity contribution in [3.8, 4) is 17.4 Å². The van der Waals surface area contributed by atoms with Gasteiger partial charge in [0.1, 0.15) is 10.2 Å². The lowest BCUT2D eigenvalue weighted by molar-refractivity contribution is 0.326. The van der Waals surface area contributed by atoms with Gasteiger partial charge in [0, 0.05) is 29.4 Å². The highest BCUT2D eigenvalue weighted by Gasteiger charge is 2.20. The Morgan fingerprint density at radius 2 is 1.83 bits per heavy atom. The number of aromatic nitrogens is 2. The van der Waals surface area contributed by atoms with Crippen LogP contribution in [0.1, 0.15) is 0 Å². The zero-order chi connectivity index (χ0) is 21.5. The summed E-state index contributed by atoms with van der Waals surface area (Å²) in [6.45, 7) is 0.428. The van der Waals surface area contributed by atoms with Gasteiger partial charge in [-0.3, -0.25) is 4.79 Å². The van der Waals surface area contributed by atoms with Crippen LogP contribution in [0.2, 0.25) is 0 Å². The van der Waals surface area contributed by atoms with E-state index in [4.69, 9.17) is 14.2 Å². The fraction of sp³-hybridized carbons (Fsp3) is 0.238. The molecule has 0 unspecified atom stereocenters. The molecule has 0 atom stereocenters. The molecule has 9 heteroatoms. The van der Waals surface area contributed by atoms with Gasteiger partial charge in [0.05, 0.1) is 20.8 Å². The first-order chi connectivity index (χ1) is 14.5. The summed E-state index contributed by atoms with van der Waals surface area (Å²) in [4.78, 5) is 15.1. The molecule has 1 N–H and O–H groups in total. The van der Waals surface area contributed by atoms with Crippen molar-refractivity contribution in [3.05, 3.63) is 63.4 Å². The van der Waals surface area contributed by atoms with Gasteiger partial charge in [-0.1, -0.05) is 18.2 Å². The highest BCUT2D eigenvalue weighted by molar-refractivity contribution is 9.10. The van der Waals surface area contributed by atoms with Gasteiger partial charge in [-0.2, -0.15) is 0 Å². The molecule has 3 aromatic rings. The third kappa shape index (κ3) is 5.09. The second-order valence-electron chi connectivity index (χ2n) is 6.13. The summed E-state index contributed by atoms with van der Waals surface area (Å²) in [5.41, 5.74) is 0.961. The maximum Gasteiger partial charge on any atom is 0.280 e. The topological polar surface area (TPSA) is 76.7 Å². The second kappa shape index (κ2) is 10.4. The Kier molecular flexibility index (Phi) is 7.64. The fourth-order valence-corrected chi connectivity index (χ4v) is 4.05. The summed E-state index contributed by atoms with van der Waals surface area (Å²) in [7, 11) is 4.98. The number of aromatic amines is 1. The van der Waals surface area contributed by atoms with Crippen LogP contribution in [0.4, 0.5) is 11.4 Å². The minimum atomic E-state index is -0.344. The summed E-state index contributed by atoms with van der Waals surface area (Å²) in [6, 6.07) is 15.6. The number of nitrogens with zero attached hydrogens (tertiary/aromatic N) is 2. The summed E-state index contributed by atoms with van der Waals surface area (Å²) in [5, 5.41) is 6.57. The van der Waals surface area contributed by atoms with Crippen molar-refractivity contribution < 1.29 is 14.2 Å². The lowest BCUT2D eigenvalue weighted by atomic mass is 10.2. The van der Waals surface area contributed by atoms with Gasteiger partial charge in [-0.05, 0) is 40.2 Å². The van der Waals surface area contributed by atoms with Gasteiger partial charge >= 0.3 is 0 Å². The molecule has 0 spiro atoms. The lowest BCUT2D eigenvalue weighted by Crippen LogP contribution is -2.20. The normalized spacial score (nSPS) is 10.5. The number of thioether (sulfide) groups is 1. The molecule has 1 aromatic heterocycles. The molecule has 158 valence electrons. The van der Waals surface area contributed by atoms with Crippen molar-refractivity contribution in [1.82, 2.24) is 10.2 Å². The molecule has 0 fully saturated rings. The van der Waals surface area contributed by atoms with E-state index < -0.39 is 0 Å². The first kappa shape index (κ1) is 22.0. The summed E-state index contributed by atoms with van der Waals surface area (Å²) < 4.78 is 16.9. The van der Waals surface area contributed by atoms with Gasteiger partial charge in [0.2, 0.25) is 0 Å². The number of halogens is 1. The highest BCUT2D eigenvalue weighted by Crippen LogP contribution is 2.38. The predicted octanol–water partition coefficient (Wildman–Crippen LogP) is 4.49. The molecule has 2 aromatic carbocycles. The number of nitrogens with one attached hydrogen (secondary N) is 1. The van der Waals surface area contributed by atoms with E-state index in [9.17, 15) is 4.79 Å². The predicted molar refractivity (Wildman–Crippen MR) is 123 cm³/mol. The lowest BCUT2D eigenvalue weighted by Gasteiger charge is -2.23. The molecule has 0 aliphatic heterocycles. The Morgan fingerprint density at radius 1 is 1.10 bits per heavy atom. The molecular formula is C21H22BrN3O4S. The zero-order valence-corrected chi connectivity index (χ0v) is 19.2. The molecule has 0 amide bonds. The van der Waals surface area contributed by atoms with Crippen molar-refractivity contribution in [2.75, 3.05) is 38.5 Å². The molecule has 0 aliphatic rings. The van der Waals surface area contributed by atoms with Crippen LogP contribution < -0.4 is 24.7 Å². The Balaban J connectivity index is 1.81. The van der Waals surface area contributed by atoms with Gasteiger partial charge in [0.15, 0.2) is 11.5 Å². The van der Waals surface area contributed by atoms with Crippen LogP contribution in [0.3, 0.4) is 0 Å². The number of hydrogen-bond donors (Lipinski definition) is 1. The van der Waals surface area contributed by atoms with Crippen LogP contribution in [0.15, 0.2) is 62.7 Å². The van der Waals surface area contributed by atoms with Gasteiger partial charge in [0.25, 0.3) is 11.4 Å². The maximum absolute atomic E-state index is 12.2. The number of rotatable bonds is 9. The van der Waals surface area contributed by atoms with Gasteiger partial charge < -0.3 is 19.1 Å². The number of hydrogen-bond acceptors (Lipinski definition) is 7. The molecule has 0 saturated heterocycles. The van der Waals surface area contributed by atoms with Crippen molar-refractivity contribution >= 4 is 39.1 Å². The van der Waals surface area contributed by atoms with Crippen LogP contribution in [0.5, 0.6) is 17.4 Å². The van der Waals surface area contributed by atoms with E-state index in [-0.39, 0.29) is 5.56 Å². The van der Waals surface area contributed by atoms with Crippen LogP contribution in [0.25, 0.3) is 0 Å². The number of H-pyrrole nitrogens is 1. The standard InChI is InChI=1S/C21H22BrN3O4S/c1-25(14-9-10-16(27-2)17(13-14)28-3)19-18(22)20(26)23-24-21(19)29-11-12-30-15-7-5-4-6-8-15/h4-10,13H,11-12H2,1-3H3,(H,23,26). The Morgan fingerprint density at radius 3 is 2.53 bits per heavy atom. The Labute approximate surface area is 187 Å². The molecule has 0 saturated carbocycles. The van der Waals surface area contributed by atoms with Crippen LogP contribution in [-0.4, -0.2) is 43.8 Å². The minimum Gasteiger partial charge on any atom is -0.493 e. The van der Waals surface area contributed by atoms with Crippen LogP contribution in [-0.2, 0) is 0 Å². The summed E-state index contributed by atoms with van der Waals surface area (Å²) in [6.07, 6.45) is 0. The number of methoxy groups -OCH3 is 2. The average Bonchev–Trinajstić information content (AvgIpc) is 2.78. The third-order valence-corrected chi connectivity index (χ3v) is 6.00. The van der Waals surface area contributed by atoms with E-state index >= 15 is 0 Å². The monoisotopic (exact) mass is 491 g/mol. The molecule has 0 aliphatic carbocycles. The zero-order valence-electron chi connectivity index (χ0n) is 16.8. The number of anilines is 2. The van der Waals surface area contributed by atoms with Crippen molar-refractivity contribution in [3.63, 3.8) is 0 Å². The summed E-state index contributed by atoms with van der Waals surface area (Å²) in [5.74, 6) is 2.26. The molecule has 30 heavy (non-hydrogen) atoms. The minimum absolute atomic E-state index is 0.326. The molecule has 0 radical (unpaired) electrons. The first-order valence-electron chi connectivity index (χ1n) is 9.09. The summed E-state index contributed by atoms with van der Waals surface area (Å²) >= 11 is 5.06. The van der Waals surface area contributed by atoms with E-state index in [1.165, 1.54) is 4.90 Å². The largest absolute Gasteiger partial charge is 0.493 e. The SMILES string of the molecule is COc1ccc(N(C)c2c(OCCSc3ccccc3)n[nH]c(=O)c2Br)cc1OC. The molecular weight excluding hydrogens is 470 g/mol. The quantitative estimate of drug-likeness (QED) is 0.349. The first-order valence-corrected chi connectivity index (χ1v) is 10.9. The molecule has 1 heterocycles. The molecule has 0 bridgehead atoms. The molecule has 7 nitrogen and oxygen atoms in total. The van der Waals surface area contributed by atoms with Gasteiger partial charge in [-0.25, -0.2) is 5.10 Å². The third-order valence-electron chi connectivity index (χ3n) is 4.29. The van der Waals surface area contributed by atoms with E-state index in [1.807, 2.05) is 42.3 Å². The van der Waals surface area contributed by atoms with Crippen LogP contribution >= 0.6 is 27.7 Å². The van der Waals surface area contributed by atoms with E-state index in [1.54, 1.807) is 32.0 Å². The van der Waals surface area contributed by atoms with Crippen LogP contribution in [0, 0.1) is 0 Å². The van der Waals surface area contributed by atoms with E-state index in [0.717, 1.165) is 11.4 Å². The fourth-order valence-electron chi connectivity index (χ4n) is 2.77. The highest BCUT2D eigenvalue weighted by atomic mass is 79.9. The number of benzene rings is 2. The van der Waals surface area contributed by atoms with E-state index in [2.05, 4.69) is 38.3 Å². The van der Waals surface area contributed by atoms with E-state index in [0.29, 0.717) is 34.1 Å². The Hall–Kier alpha value is -2.65. The maximum atomic E-state index is 12.2. The second-order valence-corrected chi connectivity index (χ2v) is 8.09. The number of ether oxygens (including phenoxy) is 3. The van der Waals surface area contributed by atoms with Crippen molar-refractivity contribution in [1.29, 1.82) is 0 Å². The Bertz CT molecular complexity index is 1050.